The molecule has 0 saturated carbocycles. The molecule has 0 spiro atoms. The van der Waals surface area contributed by atoms with E-state index in [9.17, 15) is 9.59 Å². The Balaban J connectivity index is 1.76. The van der Waals surface area contributed by atoms with Crippen LogP contribution in [0.5, 0.6) is 0 Å². The van der Waals surface area contributed by atoms with Gasteiger partial charge in [0.2, 0.25) is 5.91 Å². The van der Waals surface area contributed by atoms with Crippen LogP contribution in [-0.4, -0.2) is 31.0 Å². The van der Waals surface area contributed by atoms with Crippen molar-refractivity contribution >= 4 is 44.9 Å². The van der Waals surface area contributed by atoms with E-state index in [0.717, 1.165) is 44.3 Å². The van der Waals surface area contributed by atoms with Crippen molar-refractivity contribution in [2.24, 2.45) is 7.05 Å². The number of benzene rings is 1. The van der Waals surface area contributed by atoms with Crippen LogP contribution < -0.4 is 10.9 Å². The number of anilines is 1. The topological polar surface area (TPSA) is 81.8 Å². The number of carbonyl (C=O) groups is 1. The number of nitrogens with zero attached hydrogens (tertiary/aromatic N) is 4. The highest BCUT2D eigenvalue weighted by molar-refractivity contribution is 7.99. The van der Waals surface area contributed by atoms with Crippen molar-refractivity contribution in [3.05, 3.63) is 61.5 Å². The van der Waals surface area contributed by atoms with E-state index in [4.69, 9.17) is 4.98 Å². The second-order valence-corrected chi connectivity index (χ2v) is 10.4. The van der Waals surface area contributed by atoms with Crippen molar-refractivity contribution in [1.82, 2.24) is 19.3 Å². The molecule has 1 N–H and O–H groups in total. The van der Waals surface area contributed by atoms with E-state index < -0.39 is 0 Å². The molecular weight excluding hydrogens is 454 g/mol. The van der Waals surface area contributed by atoms with Gasteiger partial charge in [0.1, 0.15) is 4.83 Å². The van der Waals surface area contributed by atoms with E-state index in [1.807, 2.05) is 66.8 Å². The molecule has 0 saturated heterocycles. The standard InChI is InChI=1S/C24H27N5O2S2/c1-12-9-8-10-18(13(12)2)29-23(31)20-14(3)17(6)33-22(20)26-24(29)32-11-19(30)25-21-15(4)27-28(7)16(21)5/h8-10H,11H2,1-7H3,(H,25,30). The van der Waals surface area contributed by atoms with Gasteiger partial charge in [-0.05, 0) is 64.3 Å². The van der Waals surface area contributed by atoms with Gasteiger partial charge in [0.05, 0.1) is 33.9 Å². The number of thioether (sulfide) groups is 1. The number of hydrogen-bond acceptors (Lipinski definition) is 6. The van der Waals surface area contributed by atoms with Crippen LogP contribution in [0.25, 0.3) is 15.9 Å². The Labute approximate surface area is 200 Å². The number of amides is 1. The first kappa shape index (κ1) is 23.3. The lowest BCUT2D eigenvalue weighted by molar-refractivity contribution is -0.113. The minimum atomic E-state index is -0.167. The summed E-state index contributed by atoms with van der Waals surface area (Å²) in [6.07, 6.45) is 0. The molecule has 4 rings (SSSR count). The lowest BCUT2D eigenvalue weighted by atomic mass is 10.1. The summed E-state index contributed by atoms with van der Waals surface area (Å²) in [7, 11) is 1.85. The lowest BCUT2D eigenvalue weighted by Crippen LogP contribution is -2.23. The summed E-state index contributed by atoms with van der Waals surface area (Å²) in [6.45, 7) is 11.8. The average Bonchev–Trinajstić information content (AvgIpc) is 3.18. The Morgan fingerprint density at radius 3 is 2.52 bits per heavy atom. The van der Waals surface area contributed by atoms with E-state index in [-0.39, 0.29) is 17.2 Å². The predicted octanol–water partition coefficient (Wildman–Crippen LogP) is 4.76. The average molecular weight is 482 g/mol. The van der Waals surface area contributed by atoms with Gasteiger partial charge < -0.3 is 5.32 Å². The maximum atomic E-state index is 13.7. The van der Waals surface area contributed by atoms with Crippen molar-refractivity contribution in [2.45, 2.75) is 46.7 Å². The molecular formula is C24H27N5O2S2. The number of aromatic nitrogens is 4. The fourth-order valence-corrected chi connectivity index (χ4v) is 5.70. The van der Waals surface area contributed by atoms with E-state index in [1.54, 1.807) is 9.25 Å². The molecule has 0 radical (unpaired) electrons. The molecule has 7 nitrogen and oxygen atoms in total. The first-order valence-corrected chi connectivity index (χ1v) is 12.4. The van der Waals surface area contributed by atoms with Gasteiger partial charge in [-0.1, -0.05) is 23.9 Å². The van der Waals surface area contributed by atoms with Crippen LogP contribution in [0.3, 0.4) is 0 Å². The second-order valence-electron chi connectivity index (χ2n) is 8.22. The first-order chi connectivity index (χ1) is 15.6. The van der Waals surface area contributed by atoms with E-state index in [2.05, 4.69) is 10.4 Å². The van der Waals surface area contributed by atoms with Crippen LogP contribution in [0.1, 0.15) is 33.0 Å². The number of hydrogen-bond donors (Lipinski definition) is 1. The Hall–Kier alpha value is -2.91. The minimum absolute atomic E-state index is 0.0996. The molecule has 4 aromatic rings. The molecule has 0 unspecified atom stereocenters. The highest BCUT2D eigenvalue weighted by Crippen LogP contribution is 2.30. The van der Waals surface area contributed by atoms with Crippen LogP contribution >= 0.6 is 23.1 Å². The van der Waals surface area contributed by atoms with Gasteiger partial charge in [0, 0.05) is 11.9 Å². The number of thiophene rings is 1. The first-order valence-electron chi connectivity index (χ1n) is 10.6. The predicted molar refractivity (Wildman–Crippen MR) is 136 cm³/mol. The largest absolute Gasteiger partial charge is 0.322 e. The third-order valence-corrected chi connectivity index (χ3v) is 8.13. The second kappa shape index (κ2) is 8.79. The van der Waals surface area contributed by atoms with Gasteiger partial charge in [-0.25, -0.2) is 4.98 Å². The molecule has 0 aliphatic carbocycles. The molecule has 9 heteroatoms. The van der Waals surface area contributed by atoms with Gasteiger partial charge in [0.15, 0.2) is 5.16 Å². The fraction of sp³-hybridized carbons (Fsp3) is 0.333. The third kappa shape index (κ3) is 4.11. The molecule has 33 heavy (non-hydrogen) atoms. The maximum Gasteiger partial charge on any atom is 0.267 e. The summed E-state index contributed by atoms with van der Waals surface area (Å²) in [6, 6.07) is 5.89. The van der Waals surface area contributed by atoms with E-state index >= 15 is 0 Å². The van der Waals surface area contributed by atoms with Gasteiger partial charge in [-0.2, -0.15) is 5.10 Å². The lowest BCUT2D eigenvalue weighted by Gasteiger charge is -2.15. The Kier molecular flexibility index (Phi) is 6.20. The summed E-state index contributed by atoms with van der Waals surface area (Å²) >= 11 is 2.78. The summed E-state index contributed by atoms with van der Waals surface area (Å²) in [5.74, 6) is -0.0421. The minimum Gasteiger partial charge on any atom is -0.322 e. The molecule has 0 aliphatic rings. The molecule has 0 fully saturated rings. The zero-order valence-electron chi connectivity index (χ0n) is 19.9. The number of aryl methyl sites for hydroxylation is 5. The van der Waals surface area contributed by atoms with Crippen molar-refractivity contribution in [3.63, 3.8) is 0 Å². The van der Waals surface area contributed by atoms with Crippen molar-refractivity contribution < 1.29 is 4.79 Å². The van der Waals surface area contributed by atoms with Crippen molar-refractivity contribution in [3.8, 4) is 5.69 Å². The summed E-state index contributed by atoms with van der Waals surface area (Å²) in [5, 5.41) is 8.47. The summed E-state index contributed by atoms with van der Waals surface area (Å²) in [4.78, 5) is 33.1. The molecule has 1 aromatic carbocycles. The quantitative estimate of drug-likeness (QED) is 0.328. The molecule has 1 amide bonds. The van der Waals surface area contributed by atoms with Crippen molar-refractivity contribution in [1.29, 1.82) is 0 Å². The number of nitrogens with one attached hydrogen (secondary N) is 1. The van der Waals surface area contributed by atoms with Gasteiger partial charge >= 0.3 is 0 Å². The van der Waals surface area contributed by atoms with E-state index in [0.29, 0.717) is 15.4 Å². The third-order valence-electron chi connectivity index (χ3n) is 6.09. The zero-order chi connectivity index (χ0) is 24.0. The highest BCUT2D eigenvalue weighted by Gasteiger charge is 2.20. The number of fused-ring (bicyclic) bond motifs is 1. The van der Waals surface area contributed by atoms with Gasteiger partial charge in [0.25, 0.3) is 5.56 Å². The molecule has 0 bridgehead atoms. The molecule has 3 aromatic heterocycles. The Morgan fingerprint density at radius 1 is 1.12 bits per heavy atom. The summed E-state index contributed by atoms with van der Waals surface area (Å²) < 4.78 is 3.40. The number of carbonyl (C=O) groups excluding carboxylic acids is 1. The summed E-state index contributed by atoms with van der Waals surface area (Å²) in [5.41, 5.74) is 6.14. The van der Waals surface area contributed by atoms with E-state index in [1.165, 1.54) is 23.1 Å². The molecule has 0 atom stereocenters. The van der Waals surface area contributed by atoms with Crippen LogP contribution in [0, 0.1) is 41.5 Å². The monoisotopic (exact) mass is 481 g/mol. The number of rotatable bonds is 5. The SMILES string of the molecule is Cc1cccc(-n2c(SCC(=O)Nc3c(C)nn(C)c3C)nc3sc(C)c(C)c3c2=O)c1C. The Morgan fingerprint density at radius 2 is 1.85 bits per heavy atom. The van der Waals surface area contributed by atoms with Crippen LogP contribution in [-0.2, 0) is 11.8 Å². The molecule has 0 aliphatic heterocycles. The molecule has 172 valence electrons. The fourth-order valence-electron chi connectivity index (χ4n) is 3.82. The maximum absolute atomic E-state index is 13.7. The highest BCUT2D eigenvalue weighted by atomic mass is 32.2. The zero-order valence-corrected chi connectivity index (χ0v) is 21.5. The van der Waals surface area contributed by atoms with Gasteiger partial charge in [-0.15, -0.1) is 11.3 Å². The smallest absolute Gasteiger partial charge is 0.267 e. The normalized spacial score (nSPS) is 11.4. The van der Waals surface area contributed by atoms with Gasteiger partial charge in [-0.3, -0.25) is 18.8 Å². The van der Waals surface area contributed by atoms with Crippen LogP contribution in [0.4, 0.5) is 5.69 Å². The molecule has 3 heterocycles. The van der Waals surface area contributed by atoms with Crippen LogP contribution in [0.15, 0.2) is 28.2 Å². The van der Waals surface area contributed by atoms with Crippen molar-refractivity contribution in [2.75, 3.05) is 11.1 Å². The Bertz CT molecular complexity index is 1460. The van der Waals surface area contributed by atoms with Crippen LogP contribution in [0.2, 0.25) is 0 Å².